The summed E-state index contributed by atoms with van der Waals surface area (Å²) in [5.74, 6) is 0.767. The normalized spacial score (nSPS) is 10.5. The lowest BCUT2D eigenvalue weighted by atomic mass is 10.1. The molecule has 0 aliphatic carbocycles. The summed E-state index contributed by atoms with van der Waals surface area (Å²) in [6.07, 6.45) is 0. The zero-order valence-electron chi connectivity index (χ0n) is 9.57. The van der Waals surface area contributed by atoms with Gasteiger partial charge in [0.05, 0.1) is 19.4 Å². The van der Waals surface area contributed by atoms with Gasteiger partial charge >= 0.3 is 0 Å². The van der Waals surface area contributed by atoms with Crippen LogP contribution < -0.4 is 4.74 Å². The fraction of sp³-hybridized carbons (Fsp3) is 0.250. The summed E-state index contributed by atoms with van der Waals surface area (Å²) in [4.78, 5) is 4.47. The molecular weight excluding hydrogens is 258 g/mol. The number of rotatable bonds is 4. The van der Waals surface area contributed by atoms with Crippen molar-refractivity contribution < 1.29 is 9.47 Å². The van der Waals surface area contributed by atoms with Gasteiger partial charge in [-0.15, -0.1) is 11.3 Å². The summed E-state index contributed by atoms with van der Waals surface area (Å²) in [7, 11) is 3.29. The number of nitrogens with zero attached hydrogens (tertiary/aromatic N) is 1. The monoisotopic (exact) mass is 269 g/mol. The second-order valence-corrected chi connectivity index (χ2v) is 4.78. The molecule has 0 aliphatic rings. The first-order valence-corrected chi connectivity index (χ1v) is 6.27. The van der Waals surface area contributed by atoms with Gasteiger partial charge in [-0.2, -0.15) is 0 Å². The Bertz CT molecular complexity index is 513. The Morgan fingerprint density at radius 1 is 1.35 bits per heavy atom. The molecule has 17 heavy (non-hydrogen) atoms. The molecule has 0 unspecified atom stereocenters. The maximum Gasteiger partial charge on any atom is 0.128 e. The van der Waals surface area contributed by atoms with Crippen molar-refractivity contribution in [3.05, 3.63) is 33.6 Å². The molecule has 5 heteroatoms. The fourth-order valence-electron chi connectivity index (χ4n) is 1.50. The molecular formula is C12H12ClNO2S. The van der Waals surface area contributed by atoms with Crippen molar-refractivity contribution >= 4 is 22.9 Å². The summed E-state index contributed by atoms with van der Waals surface area (Å²) >= 11 is 7.55. The van der Waals surface area contributed by atoms with Crippen molar-refractivity contribution in [2.75, 3.05) is 14.2 Å². The Morgan fingerprint density at radius 3 is 2.88 bits per heavy atom. The molecule has 0 amide bonds. The van der Waals surface area contributed by atoms with E-state index in [-0.39, 0.29) is 0 Å². The van der Waals surface area contributed by atoms with Crippen LogP contribution in [0.2, 0.25) is 5.02 Å². The molecule has 0 fully saturated rings. The molecule has 1 aromatic heterocycles. The minimum atomic E-state index is 0.521. The van der Waals surface area contributed by atoms with Crippen LogP contribution in [0.1, 0.15) is 5.01 Å². The number of hydrogen-bond acceptors (Lipinski definition) is 4. The first-order chi connectivity index (χ1) is 8.24. The number of methoxy groups -OCH3 is 2. The number of halogens is 1. The van der Waals surface area contributed by atoms with E-state index in [2.05, 4.69) is 4.98 Å². The van der Waals surface area contributed by atoms with E-state index in [0.29, 0.717) is 11.6 Å². The maximum atomic E-state index is 5.99. The van der Waals surface area contributed by atoms with E-state index in [1.54, 1.807) is 31.6 Å². The van der Waals surface area contributed by atoms with E-state index < -0.39 is 0 Å². The highest BCUT2D eigenvalue weighted by atomic mass is 35.5. The van der Waals surface area contributed by atoms with Crippen LogP contribution in [0.5, 0.6) is 5.75 Å². The predicted molar refractivity (Wildman–Crippen MR) is 69.8 cm³/mol. The molecule has 0 spiro atoms. The van der Waals surface area contributed by atoms with Crippen molar-refractivity contribution in [3.8, 4) is 17.0 Å². The van der Waals surface area contributed by atoms with E-state index in [4.69, 9.17) is 21.1 Å². The number of hydrogen-bond donors (Lipinski definition) is 0. The molecule has 2 rings (SSSR count). The van der Waals surface area contributed by atoms with Crippen LogP contribution >= 0.6 is 22.9 Å². The number of ether oxygens (including phenoxy) is 2. The first kappa shape index (κ1) is 12.4. The quantitative estimate of drug-likeness (QED) is 0.850. The lowest BCUT2D eigenvalue weighted by molar-refractivity contribution is 0.184. The predicted octanol–water partition coefficient (Wildman–Crippen LogP) is 3.62. The standard InChI is InChI=1S/C12H12ClNO2S/c1-15-6-12-14-10(7-17-12)9-5-8(13)3-4-11(9)16-2/h3-5,7H,6H2,1-2H3. The summed E-state index contributed by atoms with van der Waals surface area (Å²) in [5.41, 5.74) is 1.76. The molecule has 0 saturated carbocycles. The molecule has 0 aliphatic heterocycles. The third-order valence-electron chi connectivity index (χ3n) is 2.26. The molecule has 0 saturated heterocycles. The Hall–Kier alpha value is -1.10. The van der Waals surface area contributed by atoms with E-state index in [1.165, 1.54) is 0 Å². The van der Waals surface area contributed by atoms with Gasteiger partial charge in [0.15, 0.2) is 0 Å². The van der Waals surface area contributed by atoms with Crippen LogP contribution in [-0.4, -0.2) is 19.2 Å². The molecule has 0 atom stereocenters. The highest BCUT2D eigenvalue weighted by molar-refractivity contribution is 7.09. The van der Waals surface area contributed by atoms with Gasteiger partial charge in [-0.1, -0.05) is 11.6 Å². The lowest BCUT2D eigenvalue weighted by Crippen LogP contribution is -1.89. The van der Waals surface area contributed by atoms with E-state index in [1.807, 2.05) is 17.5 Å². The average molecular weight is 270 g/mol. The number of thiazole rings is 1. The second kappa shape index (κ2) is 5.49. The zero-order valence-corrected chi connectivity index (χ0v) is 11.1. The topological polar surface area (TPSA) is 31.4 Å². The Labute approximate surface area is 109 Å². The highest BCUT2D eigenvalue weighted by Gasteiger charge is 2.10. The third kappa shape index (κ3) is 2.77. The second-order valence-electron chi connectivity index (χ2n) is 3.40. The van der Waals surface area contributed by atoms with Crippen molar-refractivity contribution in [3.63, 3.8) is 0 Å². The van der Waals surface area contributed by atoms with E-state index in [0.717, 1.165) is 22.0 Å². The fourth-order valence-corrected chi connectivity index (χ4v) is 2.44. The maximum absolute atomic E-state index is 5.99. The number of aromatic nitrogens is 1. The summed E-state index contributed by atoms with van der Waals surface area (Å²) in [6.45, 7) is 0.521. The van der Waals surface area contributed by atoms with Gasteiger partial charge in [0, 0.05) is 23.1 Å². The van der Waals surface area contributed by atoms with Gasteiger partial charge in [-0.25, -0.2) is 4.98 Å². The summed E-state index contributed by atoms with van der Waals surface area (Å²) in [6, 6.07) is 5.49. The molecule has 0 bridgehead atoms. The highest BCUT2D eigenvalue weighted by Crippen LogP contribution is 2.33. The SMILES string of the molecule is COCc1nc(-c2cc(Cl)ccc2OC)cs1. The molecule has 3 nitrogen and oxygen atoms in total. The molecule has 0 radical (unpaired) electrons. The minimum absolute atomic E-state index is 0.521. The van der Waals surface area contributed by atoms with Crippen molar-refractivity contribution in [1.29, 1.82) is 0 Å². The third-order valence-corrected chi connectivity index (χ3v) is 3.31. The Morgan fingerprint density at radius 2 is 2.18 bits per heavy atom. The lowest BCUT2D eigenvalue weighted by Gasteiger charge is -2.06. The summed E-state index contributed by atoms with van der Waals surface area (Å²) < 4.78 is 10.3. The van der Waals surface area contributed by atoms with E-state index >= 15 is 0 Å². The molecule has 0 N–H and O–H groups in total. The largest absolute Gasteiger partial charge is 0.496 e. The minimum Gasteiger partial charge on any atom is -0.496 e. The Balaban J connectivity index is 2.40. The van der Waals surface area contributed by atoms with Crippen LogP contribution in [0.4, 0.5) is 0 Å². The van der Waals surface area contributed by atoms with Gasteiger partial charge in [0.2, 0.25) is 0 Å². The van der Waals surface area contributed by atoms with Gasteiger partial charge < -0.3 is 9.47 Å². The van der Waals surface area contributed by atoms with Crippen molar-refractivity contribution in [1.82, 2.24) is 4.98 Å². The molecule has 1 heterocycles. The van der Waals surface area contributed by atoms with Crippen LogP contribution in [-0.2, 0) is 11.3 Å². The number of benzene rings is 1. The zero-order chi connectivity index (χ0) is 12.3. The average Bonchev–Trinajstić information content (AvgIpc) is 2.78. The van der Waals surface area contributed by atoms with Gasteiger partial charge in [-0.05, 0) is 18.2 Å². The molecule has 2 aromatic rings. The van der Waals surface area contributed by atoms with E-state index in [9.17, 15) is 0 Å². The van der Waals surface area contributed by atoms with Crippen molar-refractivity contribution in [2.45, 2.75) is 6.61 Å². The van der Waals surface area contributed by atoms with Gasteiger partial charge in [-0.3, -0.25) is 0 Å². The van der Waals surface area contributed by atoms with Gasteiger partial charge in [0.25, 0.3) is 0 Å². The van der Waals surface area contributed by atoms with Gasteiger partial charge in [0.1, 0.15) is 10.8 Å². The summed E-state index contributed by atoms with van der Waals surface area (Å²) in [5, 5.41) is 3.58. The van der Waals surface area contributed by atoms with Crippen LogP contribution in [0, 0.1) is 0 Å². The smallest absolute Gasteiger partial charge is 0.128 e. The molecule has 90 valence electrons. The first-order valence-electron chi connectivity index (χ1n) is 5.02. The van der Waals surface area contributed by atoms with Crippen LogP contribution in [0.15, 0.2) is 23.6 Å². The van der Waals surface area contributed by atoms with Crippen LogP contribution in [0.25, 0.3) is 11.3 Å². The molecule has 1 aromatic carbocycles. The Kier molecular flexibility index (Phi) is 3.99. The van der Waals surface area contributed by atoms with Crippen LogP contribution in [0.3, 0.4) is 0 Å². The van der Waals surface area contributed by atoms with Crippen molar-refractivity contribution in [2.24, 2.45) is 0 Å².